The standard InChI is InChI=1S/C15H20N4O2S/c1-10-17-19-14(20)6-12(16-15(19)22-10)8-18(13-2-3-13)7-11-4-5-21-9-11/h6,11,13H,2-5,7-9H2,1H3/t11-/m0/s1. The van der Waals surface area contributed by atoms with Gasteiger partial charge in [0.25, 0.3) is 5.56 Å². The molecule has 4 rings (SSSR count). The smallest absolute Gasteiger partial charge is 0.275 e. The minimum atomic E-state index is -0.0794. The van der Waals surface area contributed by atoms with Gasteiger partial charge in [-0.15, -0.1) is 0 Å². The molecular weight excluding hydrogens is 300 g/mol. The van der Waals surface area contributed by atoms with Gasteiger partial charge in [-0.25, -0.2) is 4.98 Å². The Morgan fingerprint density at radius 3 is 3.05 bits per heavy atom. The van der Waals surface area contributed by atoms with E-state index in [1.54, 1.807) is 6.07 Å². The summed E-state index contributed by atoms with van der Waals surface area (Å²) in [5.74, 6) is 0.621. The number of nitrogens with zero attached hydrogens (tertiary/aromatic N) is 4. The molecule has 2 aromatic heterocycles. The van der Waals surface area contributed by atoms with Gasteiger partial charge in [0.15, 0.2) is 0 Å². The normalized spacial score (nSPS) is 22.0. The minimum absolute atomic E-state index is 0.0794. The summed E-state index contributed by atoms with van der Waals surface area (Å²) in [5.41, 5.74) is 0.781. The molecule has 1 atom stereocenters. The number of aromatic nitrogens is 3. The van der Waals surface area contributed by atoms with Crippen LogP contribution in [-0.2, 0) is 11.3 Å². The van der Waals surface area contributed by atoms with Crippen molar-refractivity contribution in [2.24, 2.45) is 5.92 Å². The first-order valence-corrected chi connectivity index (χ1v) is 8.69. The molecule has 3 heterocycles. The lowest BCUT2D eigenvalue weighted by molar-refractivity contribution is 0.161. The zero-order chi connectivity index (χ0) is 15.1. The van der Waals surface area contributed by atoms with E-state index in [0.717, 1.165) is 43.4 Å². The molecule has 2 fully saturated rings. The number of ether oxygens (including phenoxy) is 1. The Labute approximate surface area is 132 Å². The lowest BCUT2D eigenvalue weighted by Gasteiger charge is -2.24. The molecule has 6 nitrogen and oxygen atoms in total. The molecule has 0 N–H and O–H groups in total. The monoisotopic (exact) mass is 320 g/mol. The molecule has 2 aromatic rings. The van der Waals surface area contributed by atoms with E-state index >= 15 is 0 Å². The molecule has 22 heavy (non-hydrogen) atoms. The first kappa shape index (κ1) is 14.3. The molecule has 118 valence electrons. The van der Waals surface area contributed by atoms with E-state index in [1.165, 1.54) is 28.7 Å². The fourth-order valence-electron chi connectivity index (χ4n) is 3.08. The summed E-state index contributed by atoms with van der Waals surface area (Å²) in [6.45, 7) is 5.45. The van der Waals surface area contributed by atoms with Gasteiger partial charge in [0.05, 0.1) is 12.3 Å². The Kier molecular flexibility index (Phi) is 3.71. The van der Waals surface area contributed by atoms with Crippen LogP contribution in [0.25, 0.3) is 4.96 Å². The number of fused-ring (bicyclic) bond motifs is 1. The van der Waals surface area contributed by atoms with Crippen molar-refractivity contribution < 1.29 is 4.74 Å². The Morgan fingerprint density at radius 1 is 1.45 bits per heavy atom. The van der Waals surface area contributed by atoms with Crippen molar-refractivity contribution in [1.29, 1.82) is 0 Å². The average molecular weight is 320 g/mol. The first-order chi connectivity index (χ1) is 10.7. The fraction of sp³-hybridized carbons (Fsp3) is 0.667. The predicted octanol–water partition coefficient (Wildman–Crippen LogP) is 1.46. The number of rotatable bonds is 5. The van der Waals surface area contributed by atoms with Crippen molar-refractivity contribution in [1.82, 2.24) is 19.5 Å². The molecular formula is C15H20N4O2S. The van der Waals surface area contributed by atoms with E-state index in [2.05, 4.69) is 15.0 Å². The fourth-order valence-corrected chi connectivity index (χ4v) is 3.85. The molecule has 1 aliphatic carbocycles. The minimum Gasteiger partial charge on any atom is -0.381 e. The van der Waals surface area contributed by atoms with E-state index in [4.69, 9.17) is 4.74 Å². The second-order valence-electron chi connectivity index (χ2n) is 6.29. The van der Waals surface area contributed by atoms with E-state index < -0.39 is 0 Å². The van der Waals surface area contributed by atoms with Gasteiger partial charge in [0, 0.05) is 31.8 Å². The molecule has 0 unspecified atom stereocenters. The molecule has 0 amide bonds. The van der Waals surface area contributed by atoms with Crippen LogP contribution in [0.15, 0.2) is 10.9 Å². The van der Waals surface area contributed by atoms with Crippen molar-refractivity contribution in [3.05, 3.63) is 27.1 Å². The van der Waals surface area contributed by atoms with Gasteiger partial charge in [0.2, 0.25) is 4.96 Å². The lowest BCUT2D eigenvalue weighted by atomic mass is 10.1. The van der Waals surface area contributed by atoms with Gasteiger partial charge in [-0.2, -0.15) is 9.61 Å². The molecule has 1 aliphatic heterocycles. The van der Waals surface area contributed by atoms with Crippen LogP contribution in [0.2, 0.25) is 0 Å². The summed E-state index contributed by atoms with van der Waals surface area (Å²) in [6, 6.07) is 2.29. The summed E-state index contributed by atoms with van der Waals surface area (Å²) in [6.07, 6.45) is 3.66. The number of hydrogen-bond acceptors (Lipinski definition) is 6. The highest BCUT2D eigenvalue weighted by Crippen LogP contribution is 2.30. The molecule has 2 aliphatic rings. The third-order valence-corrected chi connectivity index (χ3v) is 5.17. The molecule has 0 spiro atoms. The third-order valence-electron chi connectivity index (χ3n) is 4.34. The molecule has 7 heteroatoms. The van der Waals surface area contributed by atoms with E-state index in [0.29, 0.717) is 16.9 Å². The molecule has 0 radical (unpaired) electrons. The zero-order valence-corrected chi connectivity index (χ0v) is 13.5. The second kappa shape index (κ2) is 5.72. The summed E-state index contributed by atoms with van der Waals surface area (Å²) < 4.78 is 6.88. The maximum Gasteiger partial charge on any atom is 0.275 e. The molecule has 1 saturated carbocycles. The summed E-state index contributed by atoms with van der Waals surface area (Å²) in [4.78, 5) is 20.0. The Morgan fingerprint density at radius 2 is 2.32 bits per heavy atom. The number of aryl methyl sites for hydroxylation is 1. The van der Waals surface area contributed by atoms with Gasteiger partial charge in [-0.05, 0) is 32.1 Å². The van der Waals surface area contributed by atoms with Crippen molar-refractivity contribution in [3.63, 3.8) is 0 Å². The Bertz CT molecular complexity index is 731. The highest BCUT2D eigenvalue weighted by atomic mass is 32.1. The van der Waals surface area contributed by atoms with Gasteiger partial charge >= 0.3 is 0 Å². The van der Waals surface area contributed by atoms with Crippen molar-refractivity contribution in [2.45, 2.75) is 38.8 Å². The van der Waals surface area contributed by atoms with Crippen LogP contribution >= 0.6 is 11.3 Å². The lowest BCUT2D eigenvalue weighted by Crippen LogP contribution is -2.32. The molecule has 0 aromatic carbocycles. The van der Waals surface area contributed by atoms with Gasteiger partial charge in [0.1, 0.15) is 5.01 Å². The molecule has 1 saturated heterocycles. The highest BCUT2D eigenvalue weighted by molar-refractivity contribution is 7.16. The van der Waals surface area contributed by atoms with Crippen LogP contribution in [0.3, 0.4) is 0 Å². The topological polar surface area (TPSA) is 59.7 Å². The van der Waals surface area contributed by atoms with E-state index in [-0.39, 0.29) is 5.56 Å². The van der Waals surface area contributed by atoms with Crippen LogP contribution in [0, 0.1) is 12.8 Å². The maximum atomic E-state index is 12.2. The van der Waals surface area contributed by atoms with Gasteiger partial charge < -0.3 is 4.74 Å². The van der Waals surface area contributed by atoms with Crippen LogP contribution < -0.4 is 5.56 Å². The Hall–Kier alpha value is -1.31. The van der Waals surface area contributed by atoms with Gasteiger partial charge in [-0.3, -0.25) is 9.69 Å². The van der Waals surface area contributed by atoms with Crippen LogP contribution in [0.4, 0.5) is 0 Å². The number of hydrogen-bond donors (Lipinski definition) is 0. The second-order valence-corrected chi connectivity index (χ2v) is 7.45. The van der Waals surface area contributed by atoms with Crippen molar-refractivity contribution in [2.75, 3.05) is 19.8 Å². The highest BCUT2D eigenvalue weighted by Gasteiger charge is 2.32. The maximum absolute atomic E-state index is 12.2. The third kappa shape index (κ3) is 2.93. The first-order valence-electron chi connectivity index (χ1n) is 7.87. The van der Waals surface area contributed by atoms with Gasteiger partial charge in [-0.1, -0.05) is 11.3 Å². The van der Waals surface area contributed by atoms with E-state index in [1.807, 2.05) is 6.92 Å². The van der Waals surface area contributed by atoms with Crippen LogP contribution in [0.1, 0.15) is 30.0 Å². The summed E-state index contributed by atoms with van der Waals surface area (Å²) >= 11 is 1.47. The predicted molar refractivity (Wildman–Crippen MR) is 84.2 cm³/mol. The van der Waals surface area contributed by atoms with Crippen molar-refractivity contribution in [3.8, 4) is 0 Å². The van der Waals surface area contributed by atoms with Crippen LogP contribution in [-0.4, -0.2) is 45.3 Å². The van der Waals surface area contributed by atoms with Crippen LogP contribution in [0.5, 0.6) is 0 Å². The molecule has 0 bridgehead atoms. The quantitative estimate of drug-likeness (QED) is 0.835. The largest absolute Gasteiger partial charge is 0.381 e. The summed E-state index contributed by atoms with van der Waals surface area (Å²) in [5, 5.41) is 5.06. The SMILES string of the molecule is Cc1nn2c(=O)cc(CN(C[C@@H]3CCOC3)C3CC3)nc2s1. The van der Waals surface area contributed by atoms with E-state index in [9.17, 15) is 4.79 Å². The Balaban J connectivity index is 1.56. The zero-order valence-electron chi connectivity index (χ0n) is 12.7. The summed E-state index contributed by atoms with van der Waals surface area (Å²) in [7, 11) is 0. The average Bonchev–Trinajstić information content (AvgIpc) is 3.07. The van der Waals surface area contributed by atoms with Crippen molar-refractivity contribution >= 4 is 16.3 Å².